The van der Waals surface area contributed by atoms with Crippen molar-refractivity contribution in [2.75, 3.05) is 31.1 Å². The molecule has 2 N–H and O–H groups in total. The highest BCUT2D eigenvalue weighted by atomic mass is 16.6. The van der Waals surface area contributed by atoms with Crippen LogP contribution < -0.4 is 10.2 Å². The van der Waals surface area contributed by atoms with Crippen LogP contribution in [0, 0.1) is 16.0 Å². The van der Waals surface area contributed by atoms with Gasteiger partial charge in [0.2, 0.25) is 5.82 Å². The summed E-state index contributed by atoms with van der Waals surface area (Å²) >= 11 is 0. The molecular weight excluding hydrogens is 354 g/mol. The van der Waals surface area contributed by atoms with E-state index >= 15 is 0 Å². The van der Waals surface area contributed by atoms with E-state index in [0.29, 0.717) is 57.7 Å². The maximum Gasteiger partial charge on any atom is 0.317 e. The smallest absolute Gasteiger partial charge is 0.317 e. The number of pyridine rings is 1. The highest BCUT2D eigenvalue weighted by Gasteiger charge is 2.30. The van der Waals surface area contributed by atoms with Gasteiger partial charge in [-0.3, -0.25) is 14.9 Å². The number of nitrogens with one attached hydrogen (secondary N) is 1. The molecule has 1 aromatic heterocycles. The van der Waals surface area contributed by atoms with Gasteiger partial charge in [-0.2, -0.15) is 0 Å². The number of nitro groups is 1. The van der Waals surface area contributed by atoms with E-state index in [1.165, 1.54) is 18.3 Å². The molecular formula is C17H23N5O5. The lowest BCUT2D eigenvalue weighted by Gasteiger charge is -2.36. The lowest BCUT2D eigenvalue weighted by atomic mass is 9.86. The number of aromatic nitrogens is 1. The molecule has 1 aliphatic carbocycles. The molecule has 0 unspecified atom stereocenters. The number of urea groups is 1. The fourth-order valence-corrected chi connectivity index (χ4v) is 3.65. The van der Waals surface area contributed by atoms with Gasteiger partial charge in [0.05, 0.1) is 10.8 Å². The van der Waals surface area contributed by atoms with Gasteiger partial charge in [0.25, 0.3) is 0 Å². The molecule has 10 heteroatoms. The van der Waals surface area contributed by atoms with E-state index in [0.717, 1.165) is 0 Å². The lowest BCUT2D eigenvalue weighted by Crippen LogP contribution is -2.54. The predicted octanol–water partition coefficient (Wildman–Crippen LogP) is 1.46. The topological polar surface area (TPSA) is 129 Å². The van der Waals surface area contributed by atoms with Crippen LogP contribution in [0.4, 0.5) is 16.3 Å². The van der Waals surface area contributed by atoms with Crippen molar-refractivity contribution in [2.45, 2.75) is 31.7 Å². The first-order valence-corrected chi connectivity index (χ1v) is 9.08. The van der Waals surface area contributed by atoms with Crippen molar-refractivity contribution in [2.24, 2.45) is 5.92 Å². The number of hydrogen-bond donors (Lipinski definition) is 2. The van der Waals surface area contributed by atoms with Gasteiger partial charge >= 0.3 is 17.7 Å². The van der Waals surface area contributed by atoms with Gasteiger partial charge in [-0.15, -0.1) is 0 Å². The van der Waals surface area contributed by atoms with Crippen LogP contribution in [0.15, 0.2) is 18.3 Å². The fraction of sp³-hybridized carbons (Fsp3) is 0.588. The summed E-state index contributed by atoms with van der Waals surface area (Å²) in [7, 11) is 0. The van der Waals surface area contributed by atoms with Crippen LogP contribution in [0.2, 0.25) is 0 Å². The van der Waals surface area contributed by atoms with Gasteiger partial charge in [0.1, 0.15) is 0 Å². The zero-order valence-electron chi connectivity index (χ0n) is 14.9. The SMILES string of the molecule is O=C(O)C1CCC(NC(=O)N2CCN(c3ncccc3[N+](=O)[O-])CC2)CC1. The number of piperazine rings is 1. The third-order valence-electron chi connectivity index (χ3n) is 5.23. The second kappa shape index (κ2) is 8.19. The zero-order valence-corrected chi connectivity index (χ0v) is 14.9. The van der Waals surface area contributed by atoms with E-state index in [-0.39, 0.29) is 23.7 Å². The highest BCUT2D eigenvalue weighted by Crippen LogP contribution is 2.26. The van der Waals surface area contributed by atoms with Crippen molar-refractivity contribution in [1.82, 2.24) is 15.2 Å². The first-order chi connectivity index (χ1) is 13.0. The molecule has 0 bridgehead atoms. The Bertz CT molecular complexity index is 711. The number of aliphatic carboxylic acids is 1. The molecule has 2 heterocycles. The number of carboxylic acid groups (broad SMARTS) is 1. The summed E-state index contributed by atoms with van der Waals surface area (Å²) < 4.78 is 0. The lowest BCUT2D eigenvalue weighted by molar-refractivity contribution is -0.384. The molecule has 2 fully saturated rings. The molecule has 2 aliphatic rings. The summed E-state index contributed by atoms with van der Waals surface area (Å²) in [5.74, 6) is -0.745. The van der Waals surface area contributed by atoms with Crippen molar-refractivity contribution in [1.29, 1.82) is 0 Å². The van der Waals surface area contributed by atoms with E-state index in [2.05, 4.69) is 10.3 Å². The van der Waals surface area contributed by atoms with E-state index in [1.54, 1.807) is 4.90 Å². The molecule has 0 spiro atoms. The second-order valence-corrected chi connectivity index (χ2v) is 6.91. The first-order valence-electron chi connectivity index (χ1n) is 9.08. The predicted molar refractivity (Wildman–Crippen MR) is 96.6 cm³/mol. The zero-order chi connectivity index (χ0) is 19.4. The van der Waals surface area contributed by atoms with Crippen LogP contribution in [-0.2, 0) is 4.79 Å². The Balaban J connectivity index is 1.50. The standard InChI is InChI=1S/C17H23N5O5/c23-16(24)12-3-5-13(6-4-12)19-17(25)21-10-8-20(9-11-21)15-14(22(26)27)2-1-7-18-15/h1-2,7,12-13H,3-6,8-11H2,(H,19,25)(H,23,24). The summed E-state index contributed by atoms with van der Waals surface area (Å²) in [6.07, 6.45) is 4.02. The molecule has 2 amide bonds. The Hall–Kier alpha value is -2.91. The number of anilines is 1. The molecule has 0 atom stereocenters. The van der Waals surface area contributed by atoms with E-state index in [4.69, 9.17) is 5.11 Å². The van der Waals surface area contributed by atoms with Crippen LogP contribution in [0.1, 0.15) is 25.7 Å². The molecule has 1 saturated heterocycles. The number of nitrogens with zero attached hydrogens (tertiary/aromatic N) is 4. The number of amides is 2. The molecule has 1 saturated carbocycles. The van der Waals surface area contributed by atoms with Crippen molar-refractivity contribution in [3.05, 3.63) is 28.4 Å². The molecule has 27 heavy (non-hydrogen) atoms. The minimum Gasteiger partial charge on any atom is -0.481 e. The third kappa shape index (κ3) is 4.44. The molecule has 1 aliphatic heterocycles. The van der Waals surface area contributed by atoms with Gasteiger partial charge in [0, 0.05) is 44.5 Å². The largest absolute Gasteiger partial charge is 0.481 e. The van der Waals surface area contributed by atoms with Crippen LogP contribution >= 0.6 is 0 Å². The molecule has 1 aromatic rings. The van der Waals surface area contributed by atoms with Gasteiger partial charge in [-0.05, 0) is 31.7 Å². The van der Waals surface area contributed by atoms with Crippen molar-refractivity contribution in [3.8, 4) is 0 Å². The number of carboxylic acids is 1. The maximum atomic E-state index is 12.5. The number of rotatable bonds is 4. The summed E-state index contributed by atoms with van der Waals surface area (Å²) in [5, 5.41) is 23.2. The monoisotopic (exact) mass is 377 g/mol. The van der Waals surface area contributed by atoms with Crippen LogP contribution in [0.3, 0.4) is 0 Å². The van der Waals surface area contributed by atoms with Crippen molar-refractivity contribution >= 4 is 23.5 Å². The Morgan fingerprint density at radius 3 is 2.44 bits per heavy atom. The van der Waals surface area contributed by atoms with Gasteiger partial charge in [-0.25, -0.2) is 9.78 Å². The summed E-state index contributed by atoms with van der Waals surface area (Å²) in [4.78, 5) is 41.8. The average Bonchev–Trinajstić information content (AvgIpc) is 2.68. The molecule has 0 aromatic carbocycles. The average molecular weight is 377 g/mol. The van der Waals surface area contributed by atoms with E-state index in [9.17, 15) is 19.7 Å². The van der Waals surface area contributed by atoms with E-state index < -0.39 is 10.9 Å². The van der Waals surface area contributed by atoms with Gasteiger partial charge in [0.15, 0.2) is 0 Å². The third-order valence-corrected chi connectivity index (χ3v) is 5.23. The Morgan fingerprint density at radius 1 is 1.19 bits per heavy atom. The van der Waals surface area contributed by atoms with Gasteiger partial charge in [-0.1, -0.05) is 0 Å². The Kier molecular flexibility index (Phi) is 5.72. The van der Waals surface area contributed by atoms with Crippen LogP contribution in [-0.4, -0.2) is 64.1 Å². The number of hydrogen-bond acceptors (Lipinski definition) is 6. The minimum atomic E-state index is -0.764. The molecule has 0 radical (unpaired) electrons. The van der Waals surface area contributed by atoms with Crippen molar-refractivity contribution < 1.29 is 19.6 Å². The highest BCUT2D eigenvalue weighted by molar-refractivity contribution is 5.75. The van der Waals surface area contributed by atoms with Gasteiger partial charge < -0.3 is 20.2 Å². The summed E-state index contributed by atoms with van der Waals surface area (Å²) in [6.45, 7) is 1.84. The van der Waals surface area contributed by atoms with Crippen LogP contribution in [0.25, 0.3) is 0 Å². The number of carbonyl (C=O) groups excluding carboxylic acids is 1. The Morgan fingerprint density at radius 2 is 1.85 bits per heavy atom. The normalized spacial score (nSPS) is 23.0. The summed E-state index contributed by atoms with van der Waals surface area (Å²) in [5.41, 5.74) is -0.0365. The molecule has 3 rings (SSSR count). The Labute approximate surface area is 156 Å². The van der Waals surface area contributed by atoms with Crippen molar-refractivity contribution in [3.63, 3.8) is 0 Å². The minimum absolute atomic E-state index is 0.00278. The maximum absolute atomic E-state index is 12.5. The molecule has 146 valence electrons. The first kappa shape index (κ1) is 18.9. The molecule has 10 nitrogen and oxygen atoms in total. The second-order valence-electron chi connectivity index (χ2n) is 6.91. The fourth-order valence-electron chi connectivity index (χ4n) is 3.65. The summed E-state index contributed by atoms with van der Waals surface area (Å²) in [6, 6.07) is 2.80. The quantitative estimate of drug-likeness (QED) is 0.600. The number of carbonyl (C=O) groups is 2. The van der Waals surface area contributed by atoms with E-state index in [1.807, 2.05) is 4.90 Å². The van der Waals surface area contributed by atoms with Crippen LogP contribution in [0.5, 0.6) is 0 Å².